The number of rotatable bonds is 8. The standard InChI is InChI=1S/C25H27N3O6/c1-3-32-25(30)28-14-19(13-23(29)31-2)21(15-28)18-10-7-11-20(12-18)33-16-22-26-24(34-27-22)17-8-5-4-6-9-17/h4-12,19,21H,3,13-16H2,1-2H3/t19-,21-/m0/s1. The Hall–Kier alpha value is -3.88. The van der Waals surface area contributed by atoms with Crippen molar-refractivity contribution in [3.05, 3.63) is 66.0 Å². The van der Waals surface area contributed by atoms with Crippen LogP contribution in [0, 0.1) is 5.92 Å². The highest BCUT2D eigenvalue weighted by atomic mass is 16.6. The van der Waals surface area contributed by atoms with E-state index >= 15 is 0 Å². The molecule has 1 aliphatic rings. The van der Waals surface area contributed by atoms with E-state index in [4.69, 9.17) is 18.7 Å². The Balaban J connectivity index is 1.45. The van der Waals surface area contributed by atoms with E-state index in [1.54, 1.807) is 11.8 Å². The van der Waals surface area contributed by atoms with Crippen LogP contribution in [0.5, 0.6) is 5.75 Å². The second kappa shape index (κ2) is 10.8. The summed E-state index contributed by atoms with van der Waals surface area (Å²) in [5.41, 5.74) is 1.81. The van der Waals surface area contributed by atoms with Gasteiger partial charge in [-0.25, -0.2) is 4.79 Å². The quantitative estimate of drug-likeness (QED) is 0.459. The van der Waals surface area contributed by atoms with Crippen molar-refractivity contribution in [1.29, 1.82) is 0 Å². The minimum Gasteiger partial charge on any atom is -0.485 e. The molecule has 2 heterocycles. The van der Waals surface area contributed by atoms with Gasteiger partial charge in [-0.1, -0.05) is 35.5 Å². The summed E-state index contributed by atoms with van der Waals surface area (Å²) < 4.78 is 21.3. The molecule has 1 amide bonds. The first kappa shape index (κ1) is 23.3. The topological polar surface area (TPSA) is 104 Å². The lowest BCUT2D eigenvalue weighted by Gasteiger charge is -2.18. The van der Waals surface area contributed by atoms with Crippen molar-refractivity contribution in [2.45, 2.75) is 25.9 Å². The number of ether oxygens (including phenoxy) is 3. The van der Waals surface area contributed by atoms with Gasteiger partial charge in [-0.15, -0.1) is 0 Å². The molecule has 0 bridgehead atoms. The molecule has 178 valence electrons. The highest BCUT2D eigenvalue weighted by molar-refractivity contribution is 5.71. The molecule has 0 saturated carbocycles. The first-order chi connectivity index (χ1) is 16.6. The van der Waals surface area contributed by atoms with Crippen LogP contribution in [0.3, 0.4) is 0 Å². The van der Waals surface area contributed by atoms with Crippen molar-refractivity contribution in [1.82, 2.24) is 15.0 Å². The van der Waals surface area contributed by atoms with Crippen molar-refractivity contribution in [3.63, 3.8) is 0 Å². The van der Waals surface area contributed by atoms with Crippen molar-refractivity contribution in [3.8, 4) is 17.2 Å². The van der Waals surface area contributed by atoms with E-state index in [0.29, 0.717) is 37.2 Å². The van der Waals surface area contributed by atoms with Gasteiger partial charge in [0.25, 0.3) is 5.89 Å². The fourth-order valence-corrected chi connectivity index (χ4v) is 4.11. The molecule has 3 aromatic rings. The SMILES string of the molecule is CCOC(=O)N1C[C@H](CC(=O)OC)[C@H](c2cccc(OCc3noc(-c4ccccc4)n3)c2)C1. The smallest absolute Gasteiger partial charge is 0.409 e. The molecule has 1 fully saturated rings. The maximum Gasteiger partial charge on any atom is 0.409 e. The van der Waals surface area contributed by atoms with Crippen LogP contribution in [0.4, 0.5) is 4.79 Å². The molecule has 0 radical (unpaired) electrons. The van der Waals surface area contributed by atoms with Gasteiger partial charge in [-0.3, -0.25) is 4.79 Å². The molecule has 34 heavy (non-hydrogen) atoms. The van der Waals surface area contributed by atoms with Crippen LogP contribution in [-0.4, -0.2) is 53.9 Å². The molecule has 0 spiro atoms. The second-order valence-electron chi connectivity index (χ2n) is 7.99. The van der Waals surface area contributed by atoms with Crippen molar-refractivity contribution in [2.24, 2.45) is 5.92 Å². The second-order valence-corrected chi connectivity index (χ2v) is 7.99. The molecule has 9 nitrogen and oxygen atoms in total. The number of hydrogen-bond acceptors (Lipinski definition) is 8. The Morgan fingerprint density at radius 1 is 1.12 bits per heavy atom. The molecular weight excluding hydrogens is 438 g/mol. The Bertz CT molecular complexity index is 1120. The molecule has 1 saturated heterocycles. The molecule has 2 aromatic carbocycles. The average Bonchev–Trinajstić information content (AvgIpc) is 3.51. The summed E-state index contributed by atoms with van der Waals surface area (Å²) in [4.78, 5) is 30.3. The number of likely N-dealkylation sites (tertiary alicyclic amines) is 1. The van der Waals surface area contributed by atoms with E-state index in [1.807, 2.05) is 54.6 Å². The Labute approximate surface area is 197 Å². The normalized spacial score (nSPS) is 17.4. The Morgan fingerprint density at radius 3 is 2.71 bits per heavy atom. The zero-order valence-corrected chi connectivity index (χ0v) is 19.2. The fourth-order valence-electron chi connectivity index (χ4n) is 4.11. The van der Waals surface area contributed by atoms with E-state index in [0.717, 1.165) is 11.1 Å². The molecular formula is C25H27N3O6. The van der Waals surface area contributed by atoms with Gasteiger partial charge in [0.05, 0.1) is 20.1 Å². The largest absolute Gasteiger partial charge is 0.485 e. The van der Waals surface area contributed by atoms with Crippen LogP contribution in [-0.2, 0) is 20.9 Å². The molecule has 0 unspecified atom stereocenters. The minimum absolute atomic E-state index is 0.0538. The number of carbonyl (C=O) groups excluding carboxylic acids is 2. The third-order valence-corrected chi connectivity index (χ3v) is 5.77. The Kier molecular flexibility index (Phi) is 7.41. The third kappa shape index (κ3) is 5.54. The summed E-state index contributed by atoms with van der Waals surface area (Å²) in [7, 11) is 1.37. The van der Waals surface area contributed by atoms with Crippen LogP contribution in [0.15, 0.2) is 59.1 Å². The summed E-state index contributed by atoms with van der Waals surface area (Å²) in [6.45, 7) is 3.09. The van der Waals surface area contributed by atoms with E-state index < -0.39 is 0 Å². The van der Waals surface area contributed by atoms with Crippen LogP contribution in [0.25, 0.3) is 11.5 Å². The van der Waals surface area contributed by atoms with Crippen LogP contribution in [0.1, 0.15) is 30.7 Å². The monoisotopic (exact) mass is 465 g/mol. The van der Waals surface area contributed by atoms with Gasteiger partial charge in [0.1, 0.15) is 5.75 Å². The molecule has 9 heteroatoms. The summed E-state index contributed by atoms with van der Waals surface area (Å²) in [5, 5.41) is 3.99. The van der Waals surface area contributed by atoms with Gasteiger partial charge in [-0.2, -0.15) is 4.98 Å². The molecule has 0 N–H and O–H groups in total. The Morgan fingerprint density at radius 2 is 1.94 bits per heavy atom. The predicted octanol–water partition coefficient (Wildman–Crippen LogP) is 4.05. The van der Waals surface area contributed by atoms with E-state index in [-0.39, 0.29) is 36.9 Å². The van der Waals surface area contributed by atoms with E-state index in [1.165, 1.54) is 7.11 Å². The number of aromatic nitrogens is 2. The number of esters is 1. The minimum atomic E-state index is -0.376. The first-order valence-electron chi connectivity index (χ1n) is 11.2. The zero-order valence-electron chi connectivity index (χ0n) is 19.2. The molecule has 1 aromatic heterocycles. The summed E-state index contributed by atoms with van der Waals surface area (Å²) in [5.74, 6) is 1.06. The van der Waals surface area contributed by atoms with E-state index in [2.05, 4.69) is 10.1 Å². The molecule has 2 atom stereocenters. The number of nitrogens with zero attached hydrogens (tertiary/aromatic N) is 3. The van der Waals surface area contributed by atoms with Crippen molar-refractivity contribution >= 4 is 12.1 Å². The number of methoxy groups -OCH3 is 1. The van der Waals surface area contributed by atoms with Crippen LogP contribution >= 0.6 is 0 Å². The van der Waals surface area contributed by atoms with Gasteiger partial charge in [0.2, 0.25) is 5.82 Å². The number of carbonyl (C=O) groups is 2. The first-order valence-corrected chi connectivity index (χ1v) is 11.2. The molecule has 0 aliphatic carbocycles. The van der Waals surface area contributed by atoms with Gasteiger partial charge < -0.3 is 23.6 Å². The lowest BCUT2D eigenvalue weighted by Crippen LogP contribution is -2.29. The summed E-state index contributed by atoms with van der Waals surface area (Å²) in [6.07, 6.45) is -0.161. The van der Waals surface area contributed by atoms with Gasteiger partial charge in [0.15, 0.2) is 6.61 Å². The lowest BCUT2D eigenvalue weighted by atomic mass is 9.87. The maximum atomic E-state index is 12.3. The maximum absolute atomic E-state index is 12.3. The number of amides is 1. The highest BCUT2D eigenvalue weighted by Crippen LogP contribution is 2.36. The highest BCUT2D eigenvalue weighted by Gasteiger charge is 2.38. The van der Waals surface area contributed by atoms with Gasteiger partial charge >= 0.3 is 12.1 Å². The number of benzene rings is 2. The molecule has 4 rings (SSSR count). The summed E-state index contributed by atoms with van der Waals surface area (Å²) in [6, 6.07) is 17.1. The van der Waals surface area contributed by atoms with Gasteiger partial charge in [-0.05, 0) is 42.7 Å². The van der Waals surface area contributed by atoms with Crippen molar-refractivity contribution < 1.29 is 28.3 Å². The fraction of sp³-hybridized carbons (Fsp3) is 0.360. The van der Waals surface area contributed by atoms with E-state index in [9.17, 15) is 9.59 Å². The van der Waals surface area contributed by atoms with Crippen LogP contribution in [0.2, 0.25) is 0 Å². The van der Waals surface area contributed by atoms with Crippen molar-refractivity contribution in [2.75, 3.05) is 26.8 Å². The zero-order chi connectivity index (χ0) is 23.9. The lowest BCUT2D eigenvalue weighted by molar-refractivity contribution is -0.141. The molecule has 1 aliphatic heterocycles. The summed E-state index contributed by atoms with van der Waals surface area (Å²) >= 11 is 0. The van der Waals surface area contributed by atoms with Gasteiger partial charge in [0, 0.05) is 24.6 Å². The predicted molar refractivity (Wildman–Crippen MR) is 122 cm³/mol. The number of hydrogen-bond donors (Lipinski definition) is 0. The average molecular weight is 466 g/mol. The third-order valence-electron chi connectivity index (χ3n) is 5.77. The van der Waals surface area contributed by atoms with Crippen LogP contribution < -0.4 is 4.74 Å².